The summed E-state index contributed by atoms with van der Waals surface area (Å²) < 4.78 is 78.7. The number of nitrogens with one attached hydrogen (secondary N) is 1. The second kappa shape index (κ2) is 7.03. The normalized spacial score (nSPS) is 20.2. The number of fused-ring (bicyclic) bond motifs is 1. The van der Waals surface area contributed by atoms with E-state index in [2.05, 4.69) is 22.3 Å². The third-order valence-electron chi connectivity index (χ3n) is 4.88. The SMILES string of the molecule is Cc1cc(C#CC2=CN[N+]3(C(F)(F)F)C=C(c4ccc(C(F)(F)F)cc4)C=C23)ccn1. The number of aryl methyl sites for hydroxylation is 1. The molecule has 4 rings (SSSR count). The van der Waals surface area contributed by atoms with Crippen molar-refractivity contribution in [2.45, 2.75) is 19.4 Å². The van der Waals surface area contributed by atoms with E-state index in [-0.39, 0.29) is 22.4 Å². The summed E-state index contributed by atoms with van der Waals surface area (Å²) in [6.45, 7) is 1.77. The van der Waals surface area contributed by atoms with E-state index in [0.29, 0.717) is 5.56 Å². The molecule has 0 radical (unpaired) electrons. The minimum absolute atomic E-state index is 0.130. The van der Waals surface area contributed by atoms with Gasteiger partial charge >= 0.3 is 12.5 Å². The summed E-state index contributed by atoms with van der Waals surface area (Å²) in [5, 5.41) is 0. The number of halogens is 6. The Kier molecular flexibility index (Phi) is 4.70. The zero-order valence-electron chi connectivity index (χ0n) is 15.9. The average molecular weight is 434 g/mol. The van der Waals surface area contributed by atoms with Crippen molar-refractivity contribution in [1.29, 1.82) is 0 Å². The highest BCUT2D eigenvalue weighted by Crippen LogP contribution is 2.46. The Morgan fingerprint density at radius 1 is 0.968 bits per heavy atom. The third kappa shape index (κ3) is 3.70. The Hall–Kier alpha value is -3.51. The second-order valence-corrected chi connectivity index (χ2v) is 7.00. The Labute approximate surface area is 173 Å². The van der Waals surface area contributed by atoms with Gasteiger partial charge in [0.15, 0.2) is 5.70 Å². The molecule has 0 saturated carbocycles. The molecule has 2 aromatic rings. The second-order valence-electron chi connectivity index (χ2n) is 7.00. The van der Waals surface area contributed by atoms with E-state index in [4.69, 9.17) is 0 Å². The average Bonchev–Trinajstić information content (AvgIpc) is 3.23. The van der Waals surface area contributed by atoms with Crippen molar-refractivity contribution in [2.24, 2.45) is 0 Å². The zero-order valence-corrected chi connectivity index (χ0v) is 15.9. The van der Waals surface area contributed by atoms with E-state index >= 15 is 0 Å². The fraction of sp³-hybridized carbons (Fsp3) is 0.136. The summed E-state index contributed by atoms with van der Waals surface area (Å²) >= 11 is 0. The molecule has 3 nitrogen and oxygen atoms in total. The molecule has 0 spiro atoms. The van der Waals surface area contributed by atoms with Crippen molar-refractivity contribution in [3.8, 4) is 11.8 Å². The van der Waals surface area contributed by atoms with Crippen LogP contribution in [-0.4, -0.2) is 15.9 Å². The van der Waals surface area contributed by atoms with Crippen molar-refractivity contribution in [3.63, 3.8) is 0 Å². The number of pyridine rings is 1. The lowest BCUT2D eigenvalue weighted by Gasteiger charge is -2.28. The van der Waals surface area contributed by atoms with E-state index in [1.165, 1.54) is 12.3 Å². The highest BCUT2D eigenvalue weighted by molar-refractivity contribution is 5.77. The van der Waals surface area contributed by atoms with Crippen LogP contribution in [0.15, 0.2) is 72.3 Å². The van der Waals surface area contributed by atoms with Crippen LogP contribution in [0, 0.1) is 18.8 Å². The lowest BCUT2D eigenvalue weighted by Crippen LogP contribution is -2.56. The molecule has 2 aliphatic rings. The molecule has 1 atom stereocenters. The van der Waals surface area contributed by atoms with E-state index in [1.54, 1.807) is 25.3 Å². The molecule has 1 aromatic carbocycles. The molecule has 1 unspecified atom stereocenters. The summed E-state index contributed by atoms with van der Waals surface area (Å²) in [7, 11) is 0. The molecule has 1 aromatic heterocycles. The van der Waals surface area contributed by atoms with Gasteiger partial charge in [-0.15, -0.1) is 13.2 Å². The summed E-state index contributed by atoms with van der Waals surface area (Å²) in [6, 6.07) is 7.32. The fourth-order valence-corrected chi connectivity index (χ4v) is 3.33. The maximum atomic E-state index is 14.0. The van der Waals surface area contributed by atoms with Crippen molar-refractivity contribution in [3.05, 3.63) is 94.7 Å². The number of nitrogens with zero attached hydrogens (tertiary/aromatic N) is 2. The third-order valence-corrected chi connectivity index (χ3v) is 4.88. The molecular formula is C22H14F6N3+. The maximum absolute atomic E-state index is 14.0. The lowest BCUT2D eigenvalue weighted by atomic mass is 10.0. The molecular weight excluding hydrogens is 420 g/mol. The maximum Gasteiger partial charge on any atom is 0.594 e. The fourth-order valence-electron chi connectivity index (χ4n) is 3.33. The predicted molar refractivity (Wildman–Crippen MR) is 101 cm³/mol. The number of hydrogen-bond donors (Lipinski definition) is 1. The Morgan fingerprint density at radius 3 is 2.29 bits per heavy atom. The van der Waals surface area contributed by atoms with Crippen molar-refractivity contribution in [2.75, 3.05) is 0 Å². The van der Waals surface area contributed by atoms with Crippen LogP contribution in [0.1, 0.15) is 22.4 Å². The summed E-state index contributed by atoms with van der Waals surface area (Å²) in [5.41, 5.74) is 3.11. The standard InChI is InChI=1S/C22H14F6N3/c1-14-10-15(8-9-29-14)2-3-17-12-30-31(22(26,27)28)13-18(11-20(17)31)16-4-6-19(7-5-16)21(23,24)25/h4-13,30H,1H3/q+1. The Morgan fingerprint density at radius 2 is 1.68 bits per heavy atom. The number of quaternary nitrogens is 1. The molecule has 158 valence electrons. The van der Waals surface area contributed by atoms with Crippen LogP contribution in [0.4, 0.5) is 26.3 Å². The first-order valence-electron chi connectivity index (χ1n) is 9.01. The molecule has 1 N–H and O–H groups in total. The number of rotatable bonds is 1. The van der Waals surface area contributed by atoms with Gasteiger partial charge in [0.05, 0.1) is 11.8 Å². The molecule has 0 bridgehead atoms. The van der Waals surface area contributed by atoms with E-state index in [9.17, 15) is 26.3 Å². The molecule has 2 aliphatic heterocycles. The van der Waals surface area contributed by atoms with E-state index in [1.807, 2.05) is 0 Å². The minimum atomic E-state index is -4.74. The first kappa shape index (κ1) is 20.8. The Bertz CT molecular complexity index is 1190. The van der Waals surface area contributed by atoms with Gasteiger partial charge in [0.2, 0.25) is 0 Å². The molecule has 0 fully saturated rings. The summed E-state index contributed by atoms with van der Waals surface area (Å²) in [4.78, 5) is 4.04. The molecule has 31 heavy (non-hydrogen) atoms. The van der Waals surface area contributed by atoms with Crippen LogP contribution in [0.2, 0.25) is 0 Å². The zero-order chi connectivity index (χ0) is 22.4. The highest BCUT2D eigenvalue weighted by atomic mass is 19.4. The Balaban J connectivity index is 1.72. The molecule has 0 aliphatic carbocycles. The summed E-state index contributed by atoms with van der Waals surface area (Å²) in [6.07, 6.45) is -4.34. The quantitative estimate of drug-likeness (QED) is 0.280. The number of hydrogen-bond acceptors (Lipinski definition) is 2. The van der Waals surface area contributed by atoms with Gasteiger partial charge in [-0.05, 0) is 36.8 Å². The number of allylic oxidation sites excluding steroid dienone is 3. The van der Waals surface area contributed by atoms with Crippen molar-refractivity contribution >= 4 is 5.57 Å². The van der Waals surface area contributed by atoms with Crippen LogP contribution in [-0.2, 0) is 6.18 Å². The van der Waals surface area contributed by atoms with Crippen molar-refractivity contribution in [1.82, 2.24) is 10.4 Å². The van der Waals surface area contributed by atoms with Crippen LogP contribution in [0.3, 0.4) is 0 Å². The van der Waals surface area contributed by atoms with Gasteiger partial charge < -0.3 is 0 Å². The van der Waals surface area contributed by atoms with Gasteiger partial charge in [-0.1, -0.05) is 28.6 Å². The van der Waals surface area contributed by atoms with Gasteiger partial charge in [0.1, 0.15) is 11.8 Å². The molecule has 0 amide bonds. The highest BCUT2D eigenvalue weighted by Gasteiger charge is 2.63. The van der Waals surface area contributed by atoms with Gasteiger partial charge in [-0.3, -0.25) is 4.98 Å². The number of alkyl halides is 6. The minimum Gasteiger partial charge on any atom is -0.262 e. The van der Waals surface area contributed by atoms with Gasteiger partial charge in [-0.25, -0.2) is 5.43 Å². The summed E-state index contributed by atoms with van der Waals surface area (Å²) in [5.74, 6) is 5.57. The van der Waals surface area contributed by atoms with E-state index in [0.717, 1.165) is 36.2 Å². The number of benzene rings is 1. The van der Waals surface area contributed by atoms with Gasteiger partial charge in [-0.2, -0.15) is 13.2 Å². The van der Waals surface area contributed by atoms with Crippen LogP contribution < -0.4 is 5.43 Å². The largest absolute Gasteiger partial charge is 0.594 e. The topological polar surface area (TPSA) is 24.9 Å². The van der Waals surface area contributed by atoms with Crippen LogP contribution >= 0.6 is 0 Å². The first-order chi connectivity index (χ1) is 14.5. The van der Waals surface area contributed by atoms with Gasteiger partial charge in [0, 0.05) is 29.1 Å². The van der Waals surface area contributed by atoms with Gasteiger partial charge in [0.25, 0.3) is 0 Å². The molecule has 0 saturated heterocycles. The van der Waals surface area contributed by atoms with Crippen LogP contribution in [0.25, 0.3) is 5.57 Å². The smallest absolute Gasteiger partial charge is 0.262 e. The van der Waals surface area contributed by atoms with Crippen molar-refractivity contribution < 1.29 is 30.9 Å². The first-order valence-corrected chi connectivity index (χ1v) is 9.01. The molecule has 3 heterocycles. The monoisotopic (exact) mass is 434 g/mol. The lowest BCUT2D eigenvalue weighted by molar-refractivity contribution is -0.980. The molecule has 9 heteroatoms. The van der Waals surface area contributed by atoms with E-state index < -0.39 is 22.6 Å². The van der Waals surface area contributed by atoms with Crippen LogP contribution in [0.5, 0.6) is 0 Å². The number of aromatic nitrogens is 1. The predicted octanol–water partition coefficient (Wildman–Crippen LogP) is 5.44.